The van der Waals surface area contributed by atoms with Crippen molar-refractivity contribution in [2.24, 2.45) is 0 Å². The van der Waals surface area contributed by atoms with Crippen LogP contribution in [0.15, 0.2) is 42.5 Å². The van der Waals surface area contributed by atoms with Crippen molar-refractivity contribution in [2.75, 3.05) is 20.3 Å². The van der Waals surface area contributed by atoms with Crippen LogP contribution in [0.1, 0.15) is 42.5 Å². The number of methoxy groups -OCH3 is 1. The highest BCUT2D eigenvalue weighted by Gasteiger charge is 2.20. The topological polar surface area (TPSA) is 73.9 Å². The first-order chi connectivity index (χ1) is 14.1. The highest BCUT2D eigenvalue weighted by Crippen LogP contribution is 2.26. The van der Waals surface area contributed by atoms with Gasteiger partial charge in [0.1, 0.15) is 11.5 Å². The van der Waals surface area contributed by atoms with Crippen molar-refractivity contribution in [1.29, 1.82) is 0 Å². The molecular weight excluding hydrogens is 370 g/mol. The Morgan fingerprint density at radius 1 is 1.07 bits per heavy atom. The Labute approximate surface area is 171 Å². The van der Waals surface area contributed by atoms with E-state index in [2.05, 4.69) is 11.4 Å². The summed E-state index contributed by atoms with van der Waals surface area (Å²) < 4.78 is 16.0. The summed E-state index contributed by atoms with van der Waals surface area (Å²) in [6, 6.07) is 12.7. The molecule has 0 bridgehead atoms. The Morgan fingerprint density at radius 3 is 2.69 bits per heavy atom. The average Bonchev–Trinajstić information content (AvgIpc) is 3.20. The molecule has 0 aliphatic heterocycles. The fourth-order valence-corrected chi connectivity index (χ4v) is 3.52. The largest absolute Gasteiger partial charge is 0.497 e. The van der Waals surface area contributed by atoms with Crippen molar-refractivity contribution < 1.29 is 23.8 Å². The summed E-state index contributed by atoms with van der Waals surface area (Å²) in [6.45, 7) is 1.92. The SMILES string of the molecule is CCOC(=O)CC(NC(=O)COc1ccc2c(c1)CCC2)c1cccc(OC)c1. The molecule has 0 fully saturated rings. The molecular formula is C23H27NO5. The number of nitrogens with one attached hydrogen (secondary N) is 1. The summed E-state index contributed by atoms with van der Waals surface area (Å²) in [7, 11) is 1.57. The van der Waals surface area contributed by atoms with Gasteiger partial charge in [0.15, 0.2) is 6.61 Å². The highest BCUT2D eigenvalue weighted by molar-refractivity contribution is 5.79. The van der Waals surface area contributed by atoms with E-state index in [4.69, 9.17) is 14.2 Å². The fraction of sp³-hybridized carbons (Fsp3) is 0.391. The quantitative estimate of drug-likeness (QED) is 0.657. The molecule has 0 heterocycles. The summed E-state index contributed by atoms with van der Waals surface area (Å²) in [4.78, 5) is 24.5. The molecule has 0 radical (unpaired) electrons. The minimum atomic E-state index is -0.528. The number of hydrogen-bond acceptors (Lipinski definition) is 5. The Kier molecular flexibility index (Phi) is 7.11. The van der Waals surface area contributed by atoms with Crippen LogP contribution in [0.5, 0.6) is 11.5 Å². The molecule has 0 saturated heterocycles. The minimum absolute atomic E-state index is 0.0333. The van der Waals surface area contributed by atoms with Gasteiger partial charge in [-0.25, -0.2) is 0 Å². The van der Waals surface area contributed by atoms with Crippen LogP contribution in [0.4, 0.5) is 0 Å². The van der Waals surface area contributed by atoms with Crippen LogP contribution in [0.2, 0.25) is 0 Å². The lowest BCUT2D eigenvalue weighted by molar-refractivity contribution is -0.143. The standard InChI is InChI=1S/C23H27NO5/c1-3-28-23(26)14-21(18-8-5-9-19(13-18)27-2)24-22(25)15-29-20-11-10-16-6-4-7-17(16)12-20/h5,8-13,21H,3-4,6-7,14-15H2,1-2H3,(H,24,25). The second kappa shape index (κ2) is 9.96. The van der Waals surface area contributed by atoms with E-state index >= 15 is 0 Å². The molecule has 0 aromatic heterocycles. The monoisotopic (exact) mass is 397 g/mol. The van der Waals surface area contributed by atoms with Gasteiger partial charge in [-0.2, -0.15) is 0 Å². The number of ether oxygens (including phenoxy) is 3. The van der Waals surface area contributed by atoms with Gasteiger partial charge in [-0.05, 0) is 67.1 Å². The number of esters is 1. The van der Waals surface area contributed by atoms with Crippen LogP contribution < -0.4 is 14.8 Å². The molecule has 1 atom stereocenters. The maximum atomic E-state index is 12.5. The van der Waals surface area contributed by atoms with Crippen molar-refractivity contribution in [2.45, 2.75) is 38.6 Å². The lowest BCUT2D eigenvalue weighted by Gasteiger charge is -2.19. The van der Waals surface area contributed by atoms with Gasteiger partial charge in [-0.1, -0.05) is 18.2 Å². The second-order valence-corrected chi connectivity index (χ2v) is 6.98. The van der Waals surface area contributed by atoms with Gasteiger partial charge in [0.25, 0.3) is 5.91 Å². The zero-order valence-corrected chi connectivity index (χ0v) is 16.9. The molecule has 0 spiro atoms. The highest BCUT2D eigenvalue weighted by atomic mass is 16.5. The number of carbonyl (C=O) groups excluding carboxylic acids is 2. The lowest BCUT2D eigenvalue weighted by atomic mass is 10.0. The number of hydrogen-bond donors (Lipinski definition) is 1. The Bertz CT molecular complexity index is 864. The molecule has 2 aromatic carbocycles. The number of amides is 1. The zero-order chi connectivity index (χ0) is 20.6. The van der Waals surface area contributed by atoms with E-state index in [-0.39, 0.29) is 24.9 Å². The van der Waals surface area contributed by atoms with Crippen molar-refractivity contribution in [3.63, 3.8) is 0 Å². The van der Waals surface area contributed by atoms with Crippen molar-refractivity contribution in [3.8, 4) is 11.5 Å². The molecule has 154 valence electrons. The maximum absolute atomic E-state index is 12.5. The molecule has 1 N–H and O–H groups in total. The van der Waals surface area contributed by atoms with Gasteiger partial charge < -0.3 is 19.5 Å². The van der Waals surface area contributed by atoms with Gasteiger partial charge in [0.2, 0.25) is 0 Å². The zero-order valence-electron chi connectivity index (χ0n) is 16.9. The summed E-state index contributed by atoms with van der Waals surface area (Å²) in [5.74, 6) is 0.659. The average molecular weight is 397 g/mol. The van der Waals surface area contributed by atoms with E-state index in [1.54, 1.807) is 20.1 Å². The smallest absolute Gasteiger partial charge is 0.308 e. The lowest BCUT2D eigenvalue weighted by Crippen LogP contribution is -2.34. The molecule has 0 saturated carbocycles. The maximum Gasteiger partial charge on any atom is 0.308 e. The third-order valence-corrected chi connectivity index (χ3v) is 4.95. The number of benzene rings is 2. The van der Waals surface area contributed by atoms with E-state index in [0.717, 1.165) is 24.8 Å². The fourth-order valence-electron chi connectivity index (χ4n) is 3.52. The molecule has 6 nitrogen and oxygen atoms in total. The van der Waals surface area contributed by atoms with Crippen molar-refractivity contribution in [1.82, 2.24) is 5.32 Å². The molecule has 3 rings (SSSR count). The second-order valence-electron chi connectivity index (χ2n) is 6.98. The first-order valence-corrected chi connectivity index (χ1v) is 9.92. The Morgan fingerprint density at radius 2 is 1.90 bits per heavy atom. The number of aryl methyl sites for hydroxylation is 2. The van der Waals surface area contributed by atoms with Gasteiger partial charge in [0.05, 0.1) is 26.2 Å². The Hall–Kier alpha value is -3.02. The van der Waals surface area contributed by atoms with Gasteiger partial charge in [-0.15, -0.1) is 0 Å². The molecule has 6 heteroatoms. The van der Waals surface area contributed by atoms with Crippen molar-refractivity contribution in [3.05, 3.63) is 59.2 Å². The Balaban J connectivity index is 1.64. The van der Waals surface area contributed by atoms with E-state index < -0.39 is 6.04 Å². The van der Waals surface area contributed by atoms with Gasteiger partial charge >= 0.3 is 5.97 Å². The molecule has 1 amide bonds. The van der Waals surface area contributed by atoms with Gasteiger partial charge in [0, 0.05) is 0 Å². The summed E-state index contributed by atoms with van der Waals surface area (Å²) in [6.07, 6.45) is 3.35. The molecule has 1 unspecified atom stereocenters. The molecule has 1 aliphatic carbocycles. The minimum Gasteiger partial charge on any atom is -0.497 e. The van der Waals surface area contributed by atoms with Crippen LogP contribution in [-0.2, 0) is 27.2 Å². The number of fused-ring (bicyclic) bond motifs is 1. The summed E-state index contributed by atoms with van der Waals surface area (Å²) in [5.41, 5.74) is 3.41. The van der Waals surface area contributed by atoms with Crippen LogP contribution in [0.25, 0.3) is 0 Å². The predicted octanol–water partition coefficient (Wildman–Crippen LogP) is 3.37. The van der Waals surface area contributed by atoms with E-state index in [1.165, 1.54) is 11.1 Å². The van der Waals surface area contributed by atoms with Gasteiger partial charge in [-0.3, -0.25) is 9.59 Å². The van der Waals surface area contributed by atoms with E-state index in [9.17, 15) is 9.59 Å². The third-order valence-electron chi connectivity index (χ3n) is 4.95. The number of carbonyl (C=O) groups is 2. The predicted molar refractivity (Wildman–Crippen MR) is 109 cm³/mol. The van der Waals surface area contributed by atoms with Crippen LogP contribution in [-0.4, -0.2) is 32.2 Å². The van der Waals surface area contributed by atoms with Crippen LogP contribution in [0, 0.1) is 0 Å². The first kappa shape index (κ1) is 20.7. The van der Waals surface area contributed by atoms with E-state index in [0.29, 0.717) is 18.1 Å². The summed E-state index contributed by atoms with van der Waals surface area (Å²) in [5, 5.41) is 2.88. The first-order valence-electron chi connectivity index (χ1n) is 9.92. The van der Waals surface area contributed by atoms with Crippen molar-refractivity contribution >= 4 is 11.9 Å². The third kappa shape index (κ3) is 5.73. The molecule has 2 aromatic rings. The summed E-state index contributed by atoms with van der Waals surface area (Å²) >= 11 is 0. The van der Waals surface area contributed by atoms with Crippen LogP contribution in [0.3, 0.4) is 0 Å². The van der Waals surface area contributed by atoms with Crippen LogP contribution >= 0.6 is 0 Å². The van der Waals surface area contributed by atoms with E-state index in [1.807, 2.05) is 30.3 Å². The normalized spacial score (nSPS) is 13.3. The number of rotatable bonds is 9. The molecule has 29 heavy (non-hydrogen) atoms. The molecule has 1 aliphatic rings.